The molecule has 5 heteroatoms. The van der Waals surface area contributed by atoms with Crippen LogP contribution in [0.3, 0.4) is 0 Å². The Morgan fingerprint density at radius 1 is 1.25 bits per heavy atom. The van der Waals surface area contributed by atoms with E-state index in [4.69, 9.17) is 0 Å². The Hall–Kier alpha value is -1.36. The Morgan fingerprint density at radius 3 is 2.60 bits per heavy atom. The van der Waals surface area contributed by atoms with Gasteiger partial charge in [0, 0.05) is 25.5 Å². The number of nitrogens with one attached hydrogen (secondary N) is 1. The molecule has 2 heterocycles. The molecule has 0 bridgehead atoms. The summed E-state index contributed by atoms with van der Waals surface area (Å²) >= 11 is 0. The lowest BCUT2D eigenvalue weighted by atomic mass is 10.1. The largest absolute Gasteiger partial charge is 0.353 e. The molecule has 5 nitrogen and oxygen atoms in total. The Kier molecular flexibility index (Phi) is 6.05. The molecule has 0 aromatic carbocycles. The van der Waals surface area contributed by atoms with Crippen LogP contribution in [-0.4, -0.2) is 46.5 Å². The summed E-state index contributed by atoms with van der Waals surface area (Å²) in [6, 6.07) is 0. The fourth-order valence-corrected chi connectivity index (χ4v) is 2.69. The summed E-state index contributed by atoms with van der Waals surface area (Å²) < 4.78 is 2.05. The van der Waals surface area contributed by atoms with Crippen molar-refractivity contribution in [3.05, 3.63) is 18.2 Å². The van der Waals surface area contributed by atoms with E-state index in [0.29, 0.717) is 13.1 Å². The van der Waals surface area contributed by atoms with E-state index < -0.39 is 0 Å². The first-order chi connectivity index (χ1) is 9.75. The van der Waals surface area contributed by atoms with Gasteiger partial charge in [-0.2, -0.15) is 0 Å². The zero-order valence-corrected chi connectivity index (χ0v) is 12.5. The van der Waals surface area contributed by atoms with Crippen molar-refractivity contribution in [1.82, 2.24) is 19.8 Å². The maximum absolute atomic E-state index is 11.9. The van der Waals surface area contributed by atoms with Gasteiger partial charge >= 0.3 is 0 Å². The molecule has 1 aliphatic rings. The van der Waals surface area contributed by atoms with Crippen molar-refractivity contribution in [2.24, 2.45) is 0 Å². The maximum Gasteiger partial charge on any atom is 0.234 e. The van der Waals surface area contributed by atoms with E-state index in [9.17, 15) is 4.79 Å². The van der Waals surface area contributed by atoms with Gasteiger partial charge in [-0.1, -0.05) is 19.3 Å². The Balaban J connectivity index is 1.65. The van der Waals surface area contributed by atoms with Crippen molar-refractivity contribution in [1.29, 1.82) is 0 Å². The van der Waals surface area contributed by atoms with Crippen molar-refractivity contribution >= 4 is 5.91 Å². The third-order valence-corrected chi connectivity index (χ3v) is 3.91. The first-order valence-corrected chi connectivity index (χ1v) is 7.72. The van der Waals surface area contributed by atoms with Gasteiger partial charge in [-0.25, -0.2) is 4.98 Å². The molecule has 1 amide bonds. The molecule has 1 aliphatic heterocycles. The number of hydrogen-bond donors (Lipinski definition) is 1. The second-order valence-electron chi connectivity index (χ2n) is 5.56. The molecular weight excluding hydrogens is 252 g/mol. The minimum atomic E-state index is 0.142. The molecule has 1 aromatic rings. The normalized spacial score (nSPS) is 17.4. The van der Waals surface area contributed by atoms with Gasteiger partial charge in [-0.3, -0.25) is 9.69 Å². The van der Waals surface area contributed by atoms with Gasteiger partial charge in [0.15, 0.2) is 0 Å². The highest BCUT2D eigenvalue weighted by Crippen LogP contribution is 2.09. The maximum atomic E-state index is 11.9. The highest BCUT2D eigenvalue weighted by Gasteiger charge is 2.11. The number of aromatic nitrogens is 2. The Morgan fingerprint density at radius 2 is 1.95 bits per heavy atom. The third-order valence-electron chi connectivity index (χ3n) is 3.91. The standard InChI is InChI=1S/C15H26N4O/c1-14-16-7-11-19(14)12-8-17-15(20)13-18-9-5-3-2-4-6-10-18/h7,11H,2-6,8-10,12-13H2,1H3,(H,17,20). The summed E-state index contributed by atoms with van der Waals surface area (Å²) in [6.07, 6.45) is 10.1. The Labute approximate surface area is 121 Å². The van der Waals surface area contributed by atoms with Gasteiger partial charge in [0.05, 0.1) is 6.54 Å². The summed E-state index contributed by atoms with van der Waals surface area (Å²) in [4.78, 5) is 18.4. The lowest BCUT2D eigenvalue weighted by Gasteiger charge is -2.23. The molecule has 0 spiro atoms. The van der Waals surface area contributed by atoms with Crippen LogP contribution in [0.15, 0.2) is 12.4 Å². The average molecular weight is 278 g/mol. The molecular formula is C15H26N4O. The summed E-state index contributed by atoms with van der Waals surface area (Å²) in [7, 11) is 0. The SMILES string of the molecule is Cc1nccn1CCNC(=O)CN1CCCCCCC1. The van der Waals surface area contributed by atoms with Crippen LogP contribution in [0.4, 0.5) is 0 Å². The van der Waals surface area contributed by atoms with Crippen LogP contribution in [0, 0.1) is 6.92 Å². The molecule has 0 aliphatic carbocycles. The smallest absolute Gasteiger partial charge is 0.234 e. The average Bonchev–Trinajstić information content (AvgIpc) is 2.78. The number of likely N-dealkylation sites (tertiary alicyclic amines) is 1. The van der Waals surface area contributed by atoms with Crippen molar-refractivity contribution in [2.45, 2.75) is 45.6 Å². The number of amides is 1. The lowest BCUT2D eigenvalue weighted by molar-refractivity contribution is -0.122. The van der Waals surface area contributed by atoms with Gasteiger partial charge in [0.2, 0.25) is 5.91 Å². The fourth-order valence-electron chi connectivity index (χ4n) is 2.69. The molecule has 0 saturated carbocycles. The number of carbonyl (C=O) groups is 1. The monoisotopic (exact) mass is 278 g/mol. The number of carbonyl (C=O) groups excluding carboxylic acids is 1. The summed E-state index contributed by atoms with van der Waals surface area (Å²) in [6.45, 7) is 6.11. The molecule has 1 fully saturated rings. The van der Waals surface area contributed by atoms with Crippen LogP contribution in [0.5, 0.6) is 0 Å². The van der Waals surface area contributed by atoms with E-state index >= 15 is 0 Å². The number of aryl methyl sites for hydroxylation is 1. The van der Waals surface area contributed by atoms with Crippen LogP contribution in [0.25, 0.3) is 0 Å². The minimum absolute atomic E-state index is 0.142. The van der Waals surface area contributed by atoms with Crippen molar-refractivity contribution < 1.29 is 4.79 Å². The van der Waals surface area contributed by atoms with Gasteiger partial charge < -0.3 is 9.88 Å². The number of rotatable bonds is 5. The van der Waals surface area contributed by atoms with E-state index in [0.717, 1.165) is 25.5 Å². The topological polar surface area (TPSA) is 50.2 Å². The van der Waals surface area contributed by atoms with Crippen LogP contribution < -0.4 is 5.32 Å². The van der Waals surface area contributed by atoms with Gasteiger partial charge in [-0.05, 0) is 32.9 Å². The van der Waals surface area contributed by atoms with Crippen molar-refractivity contribution in [3.8, 4) is 0 Å². The van der Waals surface area contributed by atoms with Gasteiger partial charge in [0.1, 0.15) is 5.82 Å². The molecule has 0 unspecified atom stereocenters. The molecule has 20 heavy (non-hydrogen) atoms. The van der Waals surface area contributed by atoms with Crippen LogP contribution in [0.1, 0.15) is 37.9 Å². The van der Waals surface area contributed by atoms with E-state index in [-0.39, 0.29) is 5.91 Å². The molecule has 112 valence electrons. The van der Waals surface area contributed by atoms with Gasteiger partial charge in [-0.15, -0.1) is 0 Å². The Bertz CT molecular complexity index is 408. The zero-order valence-electron chi connectivity index (χ0n) is 12.5. The predicted octanol–water partition coefficient (Wildman–Crippen LogP) is 1.57. The summed E-state index contributed by atoms with van der Waals surface area (Å²) in [5.74, 6) is 1.13. The number of imidazole rings is 1. The molecule has 1 saturated heterocycles. The highest BCUT2D eigenvalue weighted by atomic mass is 16.2. The minimum Gasteiger partial charge on any atom is -0.353 e. The van der Waals surface area contributed by atoms with Crippen LogP contribution in [-0.2, 0) is 11.3 Å². The van der Waals surface area contributed by atoms with E-state index in [1.807, 2.05) is 13.1 Å². The second-order valence-corrected chi connectivity index (χ2v) is 5.56. The van der Waals surface area contributed by atoms with Crippen LogP contribution >= 0.6 is 0 Å². The molecule has 2 rings (SSSR count). The molecule has 1 aromatic heterocycles. The first kappa shape index (κ1) is 15.0. The quantitative estimate of drug-likeness (QED) is 0.889. The summed E-state index contributed by atoms with van der Waals surface area (Å²) in [5, 5.41) is 3.00. The van der Waals surface area contributed by atoms with E-state index in [1.54, 1.807) is 6.20 Å². The second kappa shape index (κ2) is 8.04. The predicted molar refractivity (Wildman–Crippen MR) is 79.5 cm³/mol. The summed E-state index contributed by atoms with van der Waals surface area (Å²) in [5.41, 5.74) is 0. The first-order valence-electron chi connectivity index (χ1n) is 7.72. The molecule has 1 N–H and O–H groups in total. The highest BCUT2D eigenvalue weighted by molar-refractivity contribution is 5.77. The van der Waals surface area contributed by atoms with Crippen molar-refractivity contribution in [2.75, 3.05) is 26.2 Å². The van der Waals surface area contributed by atoms with Gasteiger partial charge in [0.25, 0.3) is 0 Å². The van der Waals surface area contributed by atoms with Crippen molar-refractivity contribution in [3.63, 3.8) is 0 Å². The zero-order chi connectivity index (χ0) is 14.2. The molecule has 0 radical (unpaired) electrons. The van der Waals surface area contributed by atoms with E-state index in [2.05, 4.69) is 19.8 Å². The van der Waals surface area contributed by atoms with Crippen LogP contribution in [0.2, 0.25) is 0 Å². The third kappa shape index (κ3) is 4.96. The van der Waals surface area contributed by atoms with E-state index in [1.165, 1.54) is 32.1 Å². The fraction of sp³-hybridized carbons (Fsp3) is 0.733. The number of nitrogens with zero attached hydrogens (tertiary/aromatic N) is 3. The lowest BCUT2D eigenvalue weighted by Crippen LogP contribution is -2.39. The molecule has 0 atom stereocenters. The number of hydrogen-bond acceptors (Lipinski definition) is 3.